The zero-order valence-electron chi connectivity index (χ0n) is 14.9. The van der Waals surface area contributed by atoms with E-state index in [9.17, 15) is 9.18 Å². The third-order valence-corrected chi connectivity index (χ3v) is 4.76. The predicted octanol–water partition coefficient (Wildman–Crippen LogP) is 3.54. The number of carbonyl (C=O) groups is 1. The minimum absolute atomic E-state index is 0.256. The molecule has 1 N–H and O–H groups in total. The van der Waals surface area contributed by atoms with E-state index in [1.54, 1.807) is 24.4 Å². The number of anilines is 1. The Morgan fingerprint density at radius 2 is 1.81 bits per heavy atom. The van der Waals surface area contributed by atoms with E-state index in [0.29, 0.717) is 17.9 Å². The molecule has 1 amide bonds. The van der Waals surface area contributed by atoms with E-state index in [1.807, 2.05) is 12.1 Å². The van der Waals surface area contributed by atoms with E-state index < -0.39 is 0 Å². The number of amides is 1. The lowest BCUT2D eigenvalue weighted by Crippen LogP contribution is -2.23. The van der Waals surface area contributed by atoms with E-state index >= 15 is 0 Å². The van der Waals surface area contributed by atoms with Gasteiger partial charge in [0.05, 0.1) is 5.69 Å². The van der Waals surface area contributed by atoms with Crippen molar-refractivity contribution in [1.29, 1.82) is 0 Å². The molecule has 27 heavy (non-hydrogen) atoms. The van der Waals surface area contributed by atoms with E-state index in [-0.39, 0.29) is 11.7 Å². The number of aromatic nitrogens is 2. The highest BCUT2D eigenvalue weighted by atomic mass is 19.1. The van der Waals surface area contributed by atoms with Gasteiger partial charge in [-0.2, -0.15) is 5.10 Å². The molecule has 0 unspecified atom stereocenters. The van der Waals surface area contributed by atoms with Crippen molar-refractivity contribution in [1.82, 2.24) is 15.1 Å². The first-order chi connectivity index (χ1) is 13.2. The van der Waals surface area contributed by atoms with Gasteiger partial charge in [0.1, 0.15) is 5.82 Å². The number of benzene rings is 2. The van der Waals surface area contributed by atoms with Crippen molar-refractivity contribution in [2.24, 2.45) is 0 Å². The Labute approximate surface area is 157 Å². The van der Waals surface area contributed by atoms with Crippen LogP contribution in [-0.2, 0) is 6.54 Å². The van der Waals surface area contributed by atoms with Gasteiger partial charge in [0.15, 0.2) is 5.69 Å². The van der Waals surface area contributed by atoms with Crippen LogP contribution in [-0.4, -0.2) is 28.8 Å². The largest absolute Gasteiger partial charge is 0.372 e. The van der Waals surface area contributed by atoms with Gasteiger partial charge in [0, 0.05) is 31.5 Å². The average Bonchev–Trinajstić information content (AvgIpc) is 3.38. The fourth-order valence-electron chi connectivity index (χ4n) is 3.28. The summed E-state index contributed by atoms with van der Waals surface area (Å²) in [5, 5.41) is 7.11. The first kappa shape index (κ1) is 17.3. The van der Waals surface area contributed by atoms with Gasteiger partial charge in [0.25, 0.3) is 5.91 Å². The Hall–Kier alpha value is -3.15. The molecule has 0 radical (unpaired) electrons. The highest BCUT2D eigenvalue weighted by Crippen LogP contribution is 2.20. The SMILES string of the molecule is O=C(NCc1ccc(N2CCCC2)cc1)c1ccn(-c2cccc(F)c2)n1. The van der Waals surface area contributed by atoms with Crippen LogP contribution in [0.15, 0.2) is 60.8 Å². The van der Waals surface area contributed by atoms with E-state index in [2.05, 4.69) is 27.4 Å². The van der Waals surface area contributed by atoms with Crippen molar-refractivity contribution in [3.63, 3.8) is 0 Å². The molecular weight excluding hydrogens is 343 g/mol. The number of nitrogens with one attached hydrogen (secondary N) is 1. The van der Waals surface area contributed by atoms with Gasteiger partial charge in [-0.15, -0.1) is 0 Å². The molecule has 2 aromatic carbocycles. The second kappa shape index (κ2) is 7.61. The van der Waals surface area contributed by atoms with Crippen molar-refractivity contribution in [3.8, 4) is 5.69 Å². The summed E-state index contributed by atoms with van der Waals surface area (Å²) in [6.07, 6.45) is 4.15. The molecule has 1 aromatic heterocycles. The van der Waals surface area contributed by atoms with E-state index in [0.717, 1.165) is 18.7 Å². The summed E-state index contributed by atoms with van der Waals surface area (Å²) in [4.78, 5) is 14.7. The second-order valence-electron chi connectivity index (χ2n) is 6.67. The molecule has 1 saturated heterocycles. The summed E-state index contributed by atoms with van der Waals surface area (Å²) in [7, 11) is 0. The van der Waals surface area contributed by atoms with E-state index in [4.69, 9.17) is 0 Å². The minimum Gasteiger partial charge on any atom is -0.372 e. The van der Waals surface area contributed by atoms with Crippen LogP contribution in [0.5, 0.6) is 0 Å². The third kappa shape index (κ3) is 4.00. The molecule has 0 atom stereocenters. The lowest BCUT2D eigenvalue weighted by atomic mass is 10.2. The fourth-order valence-corrected chi connectivity index (χ4v) is 3.28. The second-order valence-corrected chi connectivity index (χ2v) is 6.67. The zero-order valence-corrected chi connectivity index (χ0v) is 14.9. The van der Waals surface area contributed by atoms with Crippen LogP contribution in [0.3, 0.4) is 0 Å². The van der Waals surface area contributed by atoms with Crippen LogP contribution in [0.4, 0.5) is 10.1 Å². The summed E-state index contributed by atoms with van der Waals surface area (Å²) in [6, 6.07) is 16.0. The Morgan fingerprint density at radius 1 is 1.04 bits per heavy atom. The number of rotatable bonds is 5. The standard InChI is InChI=1S/C21H21FN4O/c22-17-4-3-5-19(14-17)26-13-10-20(24-26)21(27)23-15-16-6-8-18(9-7-16)25-11-1-2-12-25/h3-10,13-14H,1-2,11-12,15H2,(H,23,27). The average molecular weight is 364 g/mol. The van der Waals surface area contributed by atoms with Crippen molar-refractivity contribution in [3.05, 3.63) is 77.9 Å². The predicted molar refractivity (Wildman–Crippen MR) is 103 cm³/mol. The summed E-state index contributed by atoms with van der Waals surface area (Å²) in [6.45, 7) is 2.67. The van der Waals surface area contributed by atoms with Crippen LogP contribution in [0, 0.1) is 5.82 Å². The lowest BCUT2D eigenvalue weighted by molar-refractivity contribution is 0.0945. The highest BCUT2D eigenvalue weighted by molar-refractivity contribution is 5.92. The molecule has 2 heterocycles. The third-order valence-electron chi connectivity index (χ3n) is 4.76. The first-order valence-corrected chi connectivity index (χ1v) is 9.13. The molecule has 1 fully saturated rings. The van der Waals surface area contributed by atoms with Gasteiger partial charge < -0.3 is 10.2 Å². The maximum Gasteiger partial charge on any atom is 0.272 e. The zero-order chi connectivity index (χ0) is 18.6. The maximum atomic E-state index is 13.3. The van der Waals surface area contributed by atoms with Crippen LogP contribution >= 0.6 is 0 Å². The number of halogens is 1. The van der Waals surface area contributed by atoms with Crippen LogP contribution in [0.25, 0.3) is 5.69 Å². The summed E-state index contributed by atoms with van der Waals surface area (Å²) in [5.41, 5.74) is 3.15. The minimum atomic E-state index is -0.341. The molecule has 1 aliphatic heterocycles. The van der Waals surface area contributed by atoms with Gasteiger partial charge >= 0.3 is 0 Å². The molecule has 0 bridgehead atoms. The van der Waals surface area contributed by atoms with Gasteiger partial charge in [-0.3, -0.25) is 4.79 Å². The molecule has 0 aliphatic carbocycles. The van der Waals surface area contributed by atoms with Crippen LogP contribution in [0.2, 0.25) is 0 Å². The summed E-state index contributed by atoms with van der Waals surface area (Å²) >= 11 is 0. The van der Waals surface area contributed by atoms with Gasteiger partial charge in [-0.05, 0) is 54.8 Å². The molecule has 138 valence electrons. The first-order valence-electron chi connectivity index (χ1n) is 9.13. The Morgan fingerprint density at radius 3 is 2.56 bits per heavy atom. The lowest BCUT2D eigenvalue weighted by Gasteiger charge is -2.17. The van der Waals surface area contributed by atoms with Gasteiger partial charge in [-0.25, -0.2) is 9.07 Å². The van der Waals surface area contributed by atoms with Crippen LogP contribution in [0.1, 0.15) is 28.9 Å². The normalized spacial score (nSPS) is 13.7. The molecule has 0 spiro atoms. The maximum absolute atomic E-state index is 13.3. The molecule has 1 aliphatic rings. The fraction of sp³-hybridized carbons (Fsp3) is 0.238. The number of hydrogen-bond donors (Lipinski definition) is 1. The Balaban J connectivity index is 1.37. The highest BCUT2D eigenvalue weighted by Gasteiger charge is 2.13. The summed E-state index contributed by atoms with van der Waals surface area (Å²) < 4.78 is 14.8. The van der Waals surface area contributed by atoms with E-state index in [1.165, 1.54) is 35.3 Å². The molecule has 5 nitrogen and oxygen atoms in total. The number of hydrogen-bond acceptors (Lipinski definition) is 3. The monoisotopic (exact) mass is 364 g/mol. The topological polar surface area (TPSA) is 50.2 Å². The quantitative estimate of drug-likeness (QED) is 0.753. The van der Waals surface area contributed by atoms with Crippen molar-refractivity contribution < 1.29 is 9.18 Å². The van der Waals surface area contributed by atoms with Crippen molar-refractivity contribution in [2.45, 2.75) is 19.4 Å². The molecular formula is C21H21FN4O. The Bertz CT molecular complexity index is 929. The number of carbonyl (C=O) groups excluding carboxylic acids is 1. The van der Waals surface area contributed by atoms with Gasteiger partial charge in [-0.1, -0.05) is 18.2 Å². The summed E-state index contributed by atoms with van der Waals surface area (Å²) in [5.74, 6) is -0.597. The van der Waals surface area contributed by atoms with Crippen LogP contribution < -0.4 is 10.2 Å². The molecule has 4 rings (SSSR count). The Kier molecular flexibility index (Phi) is 4.87. The van der Waals surface area contributed by atoms with Gasteiger partial charge in [0.2, 0.25) is 0 Å². The molecule has 6 heteroatoms. The molecule has 3 aromatic rings. The number of nitrogens with zero attached hydrogens (tertiary/aromatic N) is 3. The molecule has 0 saturated carbocycles. The smallest absolute Gasteiger partial charge is 0.272 e. The van der Waals surface area contributed by atoms with Crippen molar-refractivity contribution in [2.75, 3.05) is 18.0 Å². The van der Waals surface area contributed by atoms with Crippen molar-refractivity contribution >= 4 is 11.6 Å².